The van der Waals surface area contributed by atoms with Crippen LogP contribution in [0.3, 0.4) is 0 Å². The fourth-order valence-corrected chi connectivity index (χ4v) is 3.87. The van der Waals surface area contributed by atoms with Crippen LogP contribution < -0.4 is 14.8 Å². The summed E-state index contributed by atoms with van der Waals surface area (Å²) in [6.07, 6.45) is 0.501. The standard InChI is InChI=1S/C25H33BrN2O4/c1-6-22(25(30)27-7-2)28(15-18-8-11-20(31-5)12-9-18)24(29)16-32-23-13-10-19(17(3)4)14-21(23)26/h8-14,17,22H,6-7,15-16H2,1-5H3,(H,27,30)/t22-/m0/s1. The van der Waals surface area contributed by atoms with E-state index >= 15 is 0 Å². The third-order valence-corrected chi connectivity index (χ3v) is 5.84. The number of halogens is 1. The first kappa shape index (κ1) is 25.7. The van der Waals surface area contributed by atoms with Crippen LogP contribution in [-0.4, -0.2) is 43.0 Å². The van der Waals surface area contributed by atoms with E-state index in [2.05, 4.69) is 35.1 Å². The molecule has 0 saturated heterocycles. The Bertz CT molecular complexity index is 899. The Morgan fingerprint density at radius 1 is 1.09 bits per heavy atom. The number of hydrogen-bond acceptors (Lipinski definition) is 4. The van der Waals surface area contributed by atoms with E-state index in [9.17, 15) is 9.59 Å². The average Bonchev–Trinajstić information content (AvgIpc) is 2.78. The summed E-state index contributed by atoms with van der Waals surface area (Å²) in [5.74, 6) is 1.31. The monoisotopic (exact) mass is 504 g/mol. The zero-order valence-corrected chi connectivity index (χ0v) is 21.1. The number of nitrogens with one attached hydrogen (secondary N) is 1. The molecule has 0 aromatic heterocycles. The van der Waals surface area contributed by atoms with Gasteiger partial charge in [-0.05, 0) is 70.6 Å². The van der Waals surface area contributed by atoms with Gasteiger partial charge in [0.25, 0.3) is 5.91 Å². The predicted octanol–water partition coefficient (Wildman–Crippen LogP) is 4.90. The van der Waals surface area contributed by atoms with Crippen molar-refractivity contribution in [3.8, 4) is 11.5 Å². The second kappa shape index (κ2) is 12.5. The van der Waals surface area contributed by atoms with Gasteiger partial charge in [0.15, 0.2) is 6.61 Å². The van der Waals surface area contributed by atoms with E-state index in [-0.39, 0.29) is 18.4 Å². The minimum atomic E-state index is -0.583. The van der Waals surface area contributed by atoms with Crippen LogP contribution in [0.2, 0.25) is 0 Å². The lowest BCUT2D eigenvalue weighted by Crippen LogP contribution is -2.50. The third kappa shape index (κ3) is 6.99. The largest absolute Gasteiger partial charge is 0.497 e. The summed E-state index contributed by atoms with van der Waals surface area (Å²) in [5.41, 5.74) is 2.09. The quantitative estimate of drug-likeness (QED) is 0.472. The van der Waals surface area contributed by atoms with Gasteiger partial charge in [-0.3, -0.25) is 9.59 Å². The summed E-state index contributed by atoms with van der Waals surface area (Å²) in [5, 5.41) is 2.83. The number of likely N-dealkylation sites (N-methyl/N-ethyl adjacent to an activating group) is 1. The van der Waals surface area contributed by atoms with Crippen LogP contribution in [-0.2, 0) is 16.1 Å². The first-order valence-electron chi connectivity index (χ1n) is 10.9. The number of hydrogen-bond donors (Lipinski definition) is 1. The average molecular weight is 505 g/mol. The molecule has 0 aliphatic carbocycles. The second-order valence-corrected chi connectivity index (χ2v) is 8.68. The van der Waals surface area contributed by atoms with E-state index in [1.807, 2.05) is 56.3 Å². The zero-order chi connectivity index (χ0) is 23.7. The van der Waals surface area contributed by atoms with Gasteiger partial charge in [0, 0.05) is 13.1 Å². The molecule has 2 aromatic carbocycles. The van der Waals surface area contributed by atoms with Crippen molar-refractivity contribution in [2.24, 2.45) is 0 Å². The van der Waals surface area contributed by atoms with E-state index < -0.39 is 6.04 Å². The van der Waals surface area contributed by atoms with Crippen LogP contribution in [0.1, 0.15) is 51.2 Å². The summed E-state index contributed by atoms with van der Waals surface area (Å²) in [7, 11) is 1.61. The molecule has 174 valence electrons. The third-order valence-electron chi connectivity index (χ3n) is 5.22. The van der Waals surface area contributed by atoms with E-state index in [0.717, 1.165) is 15.8 Å². The first-order chi connectivity index (χ1) is 15.3. The van der Waals surface area contributed by atoms with Crippen LogP contribution in [0.25, 0.3) is 0 Å². The van der Waals surface area contributed by atoms with Gasteiger partial charge >= 0.3 is 0 Å². The first-order valence-corrected chi connectivity index (χ1v) is 11.7. The van der Waals surface area contributed by atoms with Crippen LogP contribution >= 0.6 is 15.9 Å². The molecule has 0 bridgehead atoms. The maximum atomic E-state index is 13.2. The molecule has 0 saturated carbocycles. The molecule has 2 rings (SSSR count). The minimum Gasteiger partial charge on any atom is -0.497 e. The highest BCUT2D eigenvalue weighted by Crippen LogP contribution is 2.29. The minimum absolute atomic E-state index is 0.161. The Balaban J connectivity index is 2.21. The molecule has 32 heavy (non-hydrogen) atoms. The highest BCUT2D eigenvalue weighted by atomic mass is 79.9. The number of carbonyl (C=O) groups excluding carboxylic acids is 2. The SMILES string of the molecule is CCNC(=O)[C@H](CC)N(Cc1ccc(OC)cc1)C(=O)COc1ccc(C(C)C)cc1Br. The van der Waals surface area contributed by atoms with E-state index in [4.69, 9.17) is 9.47 Å². The van der Waals surface area contributed by atoms with Crippen LogP contribution in [0, 0.1) is 0 Å². The molecular weight excluding hydrogens is 472 g/mol. The highest BCUT2D eigenvalue weighted by Gasteiger charge is 2.28. The maximum Gasteiger partial charge on any atom is 0.261 e. The van der Waals surface area contributed by atoms with Crippen molar-refractivity contribution in [2.45, 2.75) is 52.6 Å². The van der Waals surface area contributed by atoms with Crippen LogP contribution in [0.15, 0.2) is 46.9 Å². The number of ether oxygens (including phenoxy) is 2. The fraction of sp³-hybridized carbons (Fsp3) is 0.440. The molecule has 0 unspecified atom stereocenters. The second-order valence-electron chi connectivity index (χ2n) is 7.82. The van der Waals surface area contributed by atoms with Gasteiger partial charge in [0.05, 0.1) is 11.6 Å². The number of benzene rings is 2. The van der Waals surface area contributed by atoms with E-state index in [1.165, 1.54) is 5.56 Å². The number of amides is 2. The molecular formula is C25H33BrN2O4. The summed E-state index contributed by atoms with van der Waals surface area (Å²) >= 11 is 3.53. The Hall–Kier alpha value is -2.54. The number of methoxy groups -OCH3 is 1. The van der Waals surface area contributed by atoms with Crippen LogP contribution in [0.5, 0.6) is 11.5 Å². The van der Waals surface area contributed by atoms with Gasteiger partial charge in [0.2, 0.25) is 5.91 Å². The Morgan fingerprint density at radius 2 is 1.78 bits per heavy atom. The van der Waals surface area contributed by atoms with Crippen molar-refractivity contribution in [2.75, 3.05) is 20.3 Å². The van der Waals surface area contributed by atoms with Crippen molar-refractivity contribution < 1.29 is 19.1 Å². The number of carbonyl (C=O) groups is 2. The zero-order valence-electron chi connectivity index (χ0n) is 19.5. The van der Waals surface area contributed by atoms with Gasteiger partial charge in [0.1, 0.15) is 17.5 Å². The van der Waals surface area contributed by atoms with Crippen LogP contribution in [0.4, 0.5) is 0 Å². The van der Waals surface area contributed by atoms with Crippen molar-refractivity contribution in [1.29, 1.82) is 0 Å². The van der Waals surface area contributed by atoms with Crippen molar-refractivity contribution in [3.05, 3.63) is 58.1 Å². The molecule has 7 heteroatoms. The van der Waals surface area contributed by atoms with E-state index in [0.29, 0.717) is 31.2 Å². The van der Waals surface area contributed by atoms with Gasteiger partial charge < -0.3 is 19.7 Å². The number of nitrogens with zero attached hydrogens (tertiary/aromatic N) is 1. The van der Waals surface area contributed by atoms with Crippen molar-refractivity contribution in [3.63, 3.8) is 0 Å². The molecule has 0 aliphatic heterocycles. The van der Waals surface area contributed by atoms with Gasteiger partial charge in [-0.2, -0.15) is 0 Å². The summed E-state index contributed by atoms with van der Waals surface area (Å²) in [6.45, 7) is 8.65. The summed E-state index contributed by atoms with van der Waals surface area (Å²) < 4.78 is 11.8. The van der Waals surface area contributed by atoms with Gasteiger partial charge in [-0.25, -0.2) is 0 Å². The topological polar surface area (TPSA) is 67.9 Å². The molecule has 0 fully saturated rings. The molecule has 1 atom stereocenters. The summed E-state index contributed by atoms with van der Waals surface area (Å²) in [4.78, 5) is 27.5. The fourth-order valence-electron chi connectivity index (χ4n) is 3.35. The molecule has 0 spiro atoms. The summed E-state index contributed by atoms with van der Waals surface area (Å²) in [6, 6.07) is 12.7. The molecule has 0 aliphatic rings. The molecule has 1 N–H and O–H groups in total. The molecule has 0 radical (unpaired) electrons. The highest BCUT2D eigenvalue weighted by molar-refractivity contribution is 9.10. The molecule has 6 nitrogen and oxygen atoms in total. The van der Waals surface area contributed by atoms with Gasteiger partial charge in [-0.1, -0.05) is 39.0 Å². The Morgan fingerprint density at radius 3 is 2.31 bits per heavy atom. The molecule has 2 aromatic rings. The van der Waals surface area contributed by atoms with Crippen molar-refractivity contribution >= 4 is 27.7 Å². The van der Waals surface area contributed by atoms with Gasteiger partial charge in [-0.15, -0.1) is 0 Å². The van der Waals surface area contributed by atoms with E-state index in [1.54, 1.807) is 12.0 Å². The Kier molecular flexibility index (Phi) is 10.0. The normalized spacial score (nSPS) is 11.7. The molecule has 2 amide bonds. The maximum absolute atomic E-state index is 13.2. The van der Waals surface area contributed by atoms with Crippen molar-refractivity contribution in [1.82, 2.24) is 10.2 Å². The Labute approximate surface area is 199 Å². The number of rotatable bonds is 11. The lowest BCUT2D eigenvalue weighted by Gasteiger charge is -2.30. The molecule has 0 heterocycles. The lowest BCUT2D eigenvalue weighted by atomic mass is 10.0. The predicted molar refractivity (Wildman–Crippen MR) is 130 cm³/mol. The smallest absolute Gasteiger partial charge is 0.261 e. The lowest BCUT2D eigenvalue weighted by molar-refractivity contribution is -0.142.